The summed E-state index contributed by atoms with van der Waals surface area (Å²) < 4.78 is 16.2. The van der Waals surface area contributed by atoms with E-state index in [1.165, 1.54) is 12.8 Å². The van der Waals surface area contributed by atoms with Gasteiger partial charge in [0.25, 0.3) is 0 Å². The third-order valence-electron chi connectivity index (χ3n) is 2.40. The molecule has 2 fully saturated rings. The minimum absolute atomic E-state index is 0.0444. The van der Waals surface area contributed by atoms with Crippen molar-refractivity contribution >= 4 is 0 Å². The van der Waals surface area contributed by atoms with E-state index < -0.39 is 0 Å². The van der Waals surface area contributed by atoms with Gasteiger partial charge < -0.3 is 14.2 Å². The van der Waals surface area contributed by atoms with E-state index >= 15 is 0 Å². The number of hydrogen-bond donors (Lipinski definition) is 0. The maximum atomic E-state index is 5.54. The van der Waals surface area contributed by atoms with Gasteiger partial charge in [-0.2, -0.15) is 0 Å². The zero-order valence-electron chi connectivity index (χ0n) is 7.33. The third kappa shape index (κ3) is 2.19. The van der Waals surface area contributed by atoms with Crippen LogP contribution in [-0.4, -0.2) is 32.2 Å². The van der Waals surface area contributed by atoms with Crippen molar-refractivity contribution in [3.63, 3.8) is 0 Å². The van der Waals surface area contributed by atoms with Crippen molar-refractivity contribution in [2.75, 3.05) is 19.8 Å². The predicted molar refractivity (Wildman–Crippen MR) is 43.9 cm³/mol. The van der Waals surface area contributed by atoms with Crippen LogP contribution in [0.1, 0.15) is 25.7 Å². The smallest absolute Gasteiger partial charge is 0.157 e. The van der Waals surface area contributed by atoms with Crippen LogP contribution in [0.25, 0.3) is 0 Å². The standard InChI is InChI=1S/C9H16O3/c1-2-5-11-9(3-1)12-7-8-4-6-10-8/h8-9H,1-7H2/t8-,9?/m0/s1. The maximum Gasteiger partial charge on any atom is 0.157 e. The second kappa shape index (κ2) is 4.21. The Kier molecular flexibility index (Phi) is 2.98. The monoisotopic (exact) mass is 172 g/mol. The first-order chi connectivity index (χ1) is 5.95. The Morgan fingerprint density at radius 1 is 1.08 bits per heavy atom. The van der Waals surface area contributed by atoms with Crippen molar-refractivity contribution < 1.29 is 14.2 Å². The lowest BCUT2D eigenvalue weighted by atomic mass is 10.2. The van der Waals surface area contributed by atoms with E-state index in [-0.39, 0.29) is 6.29 Å². The topological polar surface area (TPSA) is 27.7 Å². The third-order valence-corrected chi connectivity index (χ3v) is 2.40. The van der Waals surface area contributed by atoms with Crippen molar-refractivity contribution in [3.05, 3.63) is 0 Å². The van der Waals surface area contributed by atoms with Crippen LogP contribution in [0.4, 0.5) is 0 Å². The first-order valence-electron chi connectivity index (χ1n) is 4.80. The summed E-state index contributed by atoms with van der Waals surface area (Å²) in [6.07, 6.45) is 4.99. The van der Waals surface area contributed by atoms with Crippen LogP contribution < -0.4 is 0 Å². The molecule has 12 heavy (non-hydrogen) atoms. The summed E-state index contributed by atoms with van der Waals surface area (Å²) in [6.45, 7) is 2.47. The second-order valence-corrected chi connectivity index (χ2v) is 3.41. The zero-order chi connectivity index (χ0) is 8.23. The highest BCUT2D eigenvalue weighted by molar-refractivity contribution is 4.65. The summed E-state index contributed by atoms with van der Waals surface area (Å²) in [5.74, 6) is 0. The number of ether oxygens (including phenoxy) is 3. The fourth-order valence-corrected chi connectivity index (χ4v) is 1.47. The first-order valence-corrected chi connectivity index (χ1v) is 4.80. The highest BCUT2D eigenvalue weighted by Gasteiger charge is 2.21. The minimum atomic E-state index is 0.0444. The van der Waals surface area contributed by atoms with E-state index in [9.17, 15) is 0 Å². The van der Waals surface area contributed by atoms with E-state index in [0.717, 1.165) is 26.1 Å². The Balaban J connectivity index is 1.58. The van der Waals surface area contributed by atoms with Crippen molar-refractivity contribution in [1.29, 1.82) is 0 Å². The molecule has 0 aromatic rings. The molecule has 3 nitrogen and oxygen atoms in total. The molecule has 0 bridgehead atoms. The fraction of sp³-hybridized carbons (Fsp3) is 1.00. The lowest BCUT2D eigenvalue weighted by Crippen LogP contribution is -2.34. The van der Waals surface area contributed by atoms with Gasteiger partial charge in [0, 0.05) is 13.2 Å². The molecule has 2 heterocycles. The SMILES string of the molecule is C1CCC(OC[C@@H]2CCO2)OC1. The Hall–Kier alpha value is -0.120. The molecule has 2 aliphatic heterocycles. The molecular weight excluding hydrogens is 156 g/mol. The molecular formula is C9H16O3. The lowest BCUT2D eigenvalue weighted by Gasteiger charge is -2.29. The summed E-state index contributed by atoms with van der Waals surface area (Å²) in [6, 6.07) is 0. The average Bonchev–Trinajstić information content (AvgIpc) is 2.04. The van der Waals surface area contributed by atoms with E-state index in [4.69, 9.17) is 14.2 Å². The Labute approximate surface area is 73.0 Å². The van der Waals surface area contributed by atoms with Crippen LogP contribution in [0.2, 0.25) is 0 Å². The van der Waals surface area contributed by atoms with Crippen LogP contribution in [0, 0.1) is 0 Å². The molecule has 2 saturated heterocycles. The predicted octanol–water partition coefficient (Wildman–Crippen LogP) is 1.32. The van der Waals surface area contributed by atoms with E-state index in [0.29, 0.717) is 12.7 Å². The van der Waals surface area contributed by atoms with E-state index in [2.05, 4.69) is 0 Å². The molecule has 2 rings (SSSR count). The Morgan fingerprint density at radius 2 is 2.00 bits per heavy atom. The number of rotatable bonds is 3. The van der Waals surface area contributed by atoms with Gasteiger partial charge in [-0.25, -0.2) is 0 Å². The van der Waals surface area contributed by atoms with Gasteiger partial charge in [-0.15, -0.1) is 0 Å². The summed E-state index contributed by atoms with van der Waals surface area (Å²) in [5, 5.41) is 0. The van der Waals surface area contributed by atoms with Crippen LogP contribution in [0.5, 0.6) is 0 Å². The van der Waals surface area contributed by atoms with Gasteiger partial charge in [0.15, 0.2) is 6.29 Å². The molecule has 0 spiro atoms. The Morgan fingerprint density at radius 3 is 2.58 bits per heavy atom. The molecule has 0 N–H and O–H groups in total. The van der Waals surface area contributed by atoms with Crippen molar-refractivity contribution in [3.8, 4) is 0 Å². The molecule has 2 aliphatic rings. The summed E-state index contributed by atoms with van der Waals surface area (Å²) >= 11 is 0. The highest BCUT2D eigenvalue weighted by Crippen LogP contribution is 2.17. The summed E-state index contributed by atoms with van der Waals surface area (Å²) in [4.78, 5) is 0. The van der Waals surface area contributed by atoms with Crippen LogP contribution in [0.15, 0.2) is 0 Å². The van der Waals surface area contributed by atoms with Gasteiger partial charge in [0.05, 0.1) is 12.7 Å². The minimum Gasteiger partial charge on any atom is -0.376 e. The molecule has 3 heteroatoms. The fourth-order valence-electron chi connectivity index (χ4n) is 1.47. The van der Waals surface area contributed by atoms with Crippen molar-refractivity contribution in [2.24, 2.45) is 0 Å². The maximum absolute atomic E-state index is 5.54. The summed E-state index contributed by atoms with van der Waals surface area (Å²) in [5.41, 5.74) is 0. The van der Waals surface area contributed by atoms with Crippen LogP contribution in [0.3, 0.4) is 0 Å². The quantitative estimate of drug-likeness (QED) is 0.642. The van der Waals surface area contributed by atoms with E-state index in [1.54, 1.807) is 0 Å². The Bertz CT molecular complexity index is 128. The highest BCUT2D eigenvalue weighted by atomic mass is 16.7. The normalized spacial score (nSPS) is 36.0. The van der Waals surface area contributed by atoms with E-state index in [1.807, 2.05) is 0 Å². The van der Waals surface area contributed by atoms with Crippen molar-refractivity contribution in [2.45, 2.75) is 38.1 Å². The van der Waals surface area contributed by atoms with Gasteiger partial charge in [-0.1, -0.05) is 0 Å². The average molecular weight is 172 g/mol. The van der Waals surface area contributed by atoms with Crippen LogP contribution >= 0.6 is 0 Å². The summed E-state index contributed by atoms with van der Waals surface area (Å²) in [7, 11) is 0. The molecule has 0 aliphatic carbocycles. The van der Waals surface area contributed by atoms with Crippen LogP contribution in [-0.2, 0) is 14.2 Å². The lowest BCUT2D eigenvalue weighted by molar-refractivity contribution is -0.195. The van der Waals surface area contributed by atoms with Gasteiger partial charge in [-0.05, 0) is 25.7 Å². The van der Waals surface area contributed by atoms with Crippen molar-refractivity contribution in [1.82, 2.24) is 0 Å². The molecule has 0 aromatic carbocycles. The number of hydrogen-bond acceptors (Lipinski definition) is 3. The van der Waals surface area contributed by atoms with Gasteiger partial charge >= 0.3 is 0 Å². The molecule has 1 unspecified atom stereocenters. The molecule has 0 amide bonds. The molecule has 70 valence electrons. The first kappa shape index (κ1) is 8.48. The molecule has 2 atom stereocenters. The van der Waals surface area contributed by atoms with Gasteiger partial charge in [0.2, 0.25) is 0 Å². The van der Waals surface area contributed by atoms with Gasteiger partial charge in [-0.3, -0.25) is 0 Å². The van der Waals surface area contributed by atoms with Gasteiger partial charge in [0.1, 0.15) is 0 Å². The molecule has 0 radical (unpaired) electrons. The second-order valence-electron chi connectivity index (χ2n) is 3.41. The molecule has 0 saturated carbocycles. The molecule has 0 aromatic heterocycles. The zero-order valence-corrected chi connectivity index (χ0v) is 7.33. The largest absolute Gasteiger partial charge is 0.376 e.